The number of rotatable bonds is 3. The number of hydrogen-bond acceptors (Lipinski definition) is 4. The van der Waals surface area contributed by atoms with Crippen molar-refractivity contribution in [1.82, 2.24) is 15.5 Å². The van der Waals surface area contributed by atoms with E-state index in [0.29, 0.717) is 18.6 Å². The predicted octanol–water partition coefficient (Wildman–Crippen LogP) is -0.748. The molecule has 0 bridgehead atoms. The van der Waals surface area contributed by atoms with Crippen molar-refractivity contribution < 1.29 is 5.11 Å². The predicted molar refractivity (Wildman–Crippen MR) is 60.9 cm³/mol. The second kappa shape index (κ2) is 5.80. The lowest BCUT2D eigenvalue weighted by Crippen LogP contribution is -2.51. The summed E-state index contributed by atoms with van der Waals surface area (Å²) < 4.78 is 0. The Morgan fingerprint density at radius 3 is 2.73 bits per heavy atom. The molecule has 0 aromatic carbocycles. The molecule has 2 aliphatic heterocycles. The highest BCUT2D eigenvalue weighted by Crippen LogP contribution is 2.16. The van der Waals surface area contributed by atoms with Gasteiger partial charge in [-0.15, -0.1) is 0 Å². The molecule has 3 N–H and O–H groups in total. The molecular weight excluding hydrogens is 190 g/mol. The van der Waals surface area contributed by atoms with Gasteiger partial charge >= 0.3 is 0 Å². The number of hydrogen-bond donors (Lipinski definition) is 3. The fourth-order valence-corrected chi connectivity index (χ4v) is 2.61. The van der Waals surface area contributed by atoms with Gasteiger partial charge in [-0.25, -0.2) is 0 Å². The van der Waals surface area contributed by atoms with Crippen LogP contribution >= 0.6 is 0 Å². The first-order chi connectivity index (χ1) is 7.38. The maximum absolute atomic E-state index is 9.16. The molecule has 4 heteroatoms. The Morgan fingerprint density at radius 1 is 1.20 bits per heavy atom. The lowest BCUT2D eigenvalue weighted by atomic mass is 9.93. The zero-order chi connectivity index (χ0) is 10.5. The summed E-state index contributed by atoms with van der Waals surface area (Å²) in [5.41, 5.74) is 0. The van der Waals surface area contributed by atoms with Crippen LogP contribution in [0.1, 0.15) is 12.8 Å². The van der Waals surface area contributed by atoms with Crippen molar-refractivity contribution in [1.29, 1.82) is 0 Å². The van der Waals surface area contributed by atoms with E-state index in [1.165, 1.54) is 13.1 Å². The molecule has 2 rings (SSSR count). The van der Waals surface area contributed by atoms with Gasteiger partial charge in [-0.1, -0.05) is 0 Å². The molecule has 0 amide bonds. The van der Waals surface area contributed by atoms with Gasteiger partial charge in [-0.3, -0.25) is 4.90 Å². The highest BCUT2D eigenvalue weighted by atomic mass is 16.3. The molecule has 0 radical (unpaired) electrons. The summed E-state index contributed by atoms with van der Waals surface area (Å²) in [7, 11) is 0. The van der Waals surface area contributed by atoms with Crippen LogP contribution in [-0.2, 0) is 0 Å². The summed E-state index contributed by atoms with van der Waals surface area (Å²) in [6.45, 7) is 7.16. The average Bonchev–Trinajstić information content (AvgIpc) is 2.31. The Morgan fingerprint density at radius 2 is 2.00 bits per heavy atom. The monoisotopic (exact) mass is 213 g/mol. The largest absolute Gasteiger partial charge is 0.396 e. The molecule has 2 heterocycles. The summed E-state index contributed by atoms with van der Waals surface area (Å²) in [5, 5.41) is 16.1. The van der Waals surface area contributed by atoms with Crippen LogP contribution in [-0.4, -0.2) is 61.9 Å². The van der Waals surface area contributed by atoms with Gasteiger partial charge in [0.05, 0.1) is 0 Å². The molecule has 2 unspecified atom stereocenters. The molecule has 0 saturated carbocycles. The van der Waals surface area contributed by atoms with E-state index in [9.17, 15) is 0 Å². The van der Waals surface area contributed by atoms with Crippen molar-refractivity contribution in [3.05, 3.63) is 0 Å². The molecule has 0 aliphatic carbocycles. The minimum atomic E-state index is 0.361. The van der Waals surface area contributed by atoms with E-state index in [4.69, 9.17) is 5.11 Å². The zero-order valence-corrected chi connectivity index (χ0v) is 9.41. The van der Waals surface area contributed by atoms with Crippen molar-refractivity contribution in [2.45, 2.75) is 18.9 Å². The third-order valence-electron chi connectivity index (χ3n) is 3.55. The van der Waals surface area contributed by atoms with Crippen LogP contribution < -0.4 is 10.6 Å². The van der Waals surface area contributed by atoms with Crippen molar-refractivity contribution in [3.8, 4) is 0 Å². The van der Waals surface area contributed by atoms with Gasteiger partial charge < -0.3 is 15.7 Å². The molecule has 4 nitrogen and oxygen atoms in total. The van der Waals surface area contributed by atoms with E-state index in [1.54, 1.807) is 0 Å². The van der Waals surface area contributed by atoms with Gasteiger partial charge in [0.1, 0.15) is 0 Å². The maximum atomic E-state index is 9.16. The van der Waals surface area contributed by atoms with Crippen LogP contribution in [0, 0.1) is 5.92 Å². The van der Waals surface area contributed by atoms with Gasteiger partial charge in [0.2, 0.25) is 0 Å². The number of piperazine rings is 1. The van der Waals surface area contributed by atoms with Gasteiger partial charge in [0.15, 0.2) is 0 Å². The molecule has 88 valence electrons. The fourth-order valence-electron chi connectivity index (χ4n) is 2.61. The van der Waals surface area contributed by atoms with E-state index < -0.39 is 0 Å². The number of piperidine rings is 1. The third kappa shape index (κ3) is 3.41. The van der Waals surface area contributed by atoms with Crippen molar-refractivity contribution >= 4 is 0 Å². The number of aliphatic hydroxyl groups is 1. The van der Waals surface area contributed by atoms with E-state index in [2.05, 4.69) is 15.5 Å². The van der Waals surface area contributed by atoms with Crippen LogP contribution in [0.2, 0.25) is 0 Å². The second-order valence-corrected chi connectivity index (χ2v) is 4.77. The lowest BCUT2D eigenvalue weighted by molar-refractivity contribution is 0.146. The van der Waals surface area contributed by atoms with E-state index in [0.717, 1.165) is 39.0 Å². The molecule has 2 fully saturated rings. The number of nitrogens with one attached hydrogen (secondary N) is 2. The van der Waals surface area contributed by atoms with Crippen molar-refractivity contribution in [2.24, 2.45) is 5.92 Å². The first kappa shape index (κ1) is 11.3. The highest BCUT2D eigenvalue weighted by Gasteiger charge is 2.23. The molecule has 2 saturated heterocycles. The SMILES string of the molecule is OCC1CCNC(CN2CCNCC2)C1. The fraction of sp³-hybridized carbons (Fsp3) is 1.00. The molecule has 0 spiro atoms. The average molecular weight is 213 g/mol. The first-order valence-corrected chi connectivity index (χ1v) is 6.16. The molecule has 15 heavy (non-hydrogen) atoms. The molecule has 2 aliphatic rings. The topological polar surface area (TPSA) is 47.5 Å². The first-order valence-electron chi connectivity index (χ1n) is 6.16. The Kier molecular flexibility index (Phi) is 4.38. The third-order valence-corrected chi connectivity index (χ3v) is 3.55. The summed E-state index contributed by atoms with van der Waals surface area (Å²) in [4.78, 5) is 2.52. The minimum absolute atomic E-state index is 0.361. The van der Waals surface area contributed by atoms with E-state index in [-0.39, 0.29) is 0 Å². The van der Waals surface area contributed by atoms with Crippen LogP contribution in [0.3, 0.4) is 0 Å². The smallest absolute Gasteiger partial charge is 0.0460 e. The summed E-state index contributed by atoms with van der Waals surface area (Å²) >= 11 is 0. The van der Waals surface area contributed by atoms with Gasteiger partial charge in [0, 0.05) is 45.4 Å². The zero-order valence-electron chi connectivity index (χ0n) is 9.41. The van der Waals surface area contributed by atoms with Crippen LogP contribution in [0.4, 0.5) is 0 Å². The molecule has 0 aromatic rings. The Balaban J connectivity index is 1.72. The normalized spacial score (nSPS) is 34.2. The molecular formula is C11H23N3O. The van der Waals surface area contributed by atoms with E-state index in [1.807, 2.05) is 0 Å². The Labute approximate surface area is 92.0 Å². The van der Waals surface area contributed by atoms with Crippen LogP contribution in [0.15, 0.2) is 0 Å². The Bertz CT molecular complexity index is 183. The molecule has 0 aromatic heterocycles. The quantitative estimate of drug-likeness (QED) is 0.577. The number of aliphatic hydroxyl groups excluding tert-OH is 1. The summed E-state index contributed by atoms with van der Waals surface area (Å²) in [6.07, 6.45) is 2.27. The van der Waals surface area contributed by atoms with Crippen molar-refractivity contribution in [3.63, 3.8) is 0 Å². The van der Waals surface area contributed by atoms with Gasteiger partial charge in [-0.2, -0.15) is 0 Å². The highest BCUT2D eigenvalue weighted by molar-refractivity contribution is 4.82. The van der Waals surface area contributed by atoms with Crippen molar-refractivity contribution in [2.75, 3.05) is 45.9 Å². The summed E-state index contributed by atoms with van der Waals surface area (Å²) in [5.74, 6) is 0.527. The Hall–Kier alpha value is -0.160. The van der Waals surface area contributed by atoms with E-state index >= 15 is 0 Å². The van der Waals surface area contributed by atoms with Gasteiger partial charge in [-0.05, 0) is 25.3 Å². The van der Waals surface area contributed by atoms with Crippen LogP contribution in [0.25, 0.3) is 0 Å². The van der Waals surface area contributed by atoms with Crippen LogP contribution in [0.5, 0.6) is 0 Å². The standard InChI is InChI=1S/C11H23N3O/c15-9-10-1-2-13-11(7-10)8-14-5-3-12-4-6-14/h10-13,15H,1-9H2. The molecule has 2 atom stereocenters. The second-order valence-electron chi connectivity index (χ2n) is 4.77. The number of nitrogens with zero attached hydrogens (tertiary/aromatic N) is 1. The minimum Gasteiger partial charge on any atom is -0.396 e. The maximum Gasteiger partial charge on any atom is 0.0460 e. The van der Waals surface area contributed by atoms with Gasteiger partial charge in [0.25, 0.3) is 0 Å². The lowest BCUT2D eigenvalue weighted by Gasteiger charge is -2.35. The summed E-state index contributed by atoms with van der Waals surface area (Å²) in [6, 6.07) is 0.592.